The molecule has 0 saturated heterocycles. The Morgan fingerprint density at radius 2 is 2.20 bits per heavy atom. The quantitative estimate of drug-likeness (QED) is 0.382. The Bertz CT molecular complexity index is 398. The summed E-state index contributed by atoms with van der Waals surface area (Å²) in [6, 6.07) is 3.88. The second-order valence-electron chi connectivity index (χ2n) is 3.02. The summed E-state index contributed by atoms with van der Waals surface area (Å²) in [5.41, 5.74) is 0.376. The molecule has 1 aromatic carbocycles. The normalized spacial score (nSPS) is 13.0. The third-order valence-corrected chi connectivity index (χ3v) is 1.77. The predicted molar refractivity (Wildman–Crippen MR) is 53.6 cm³/mol. The zero-order valence-electron chi connectivity index (χ0n) is 8.10. The molecule has 5 heteroatoms. The molecule has 0 bridgehead atoms. The Hall–Kier alpha value is -1.69. The molecule has 0 aliphatic rings. The average molecular weight is 209 g/mol. The number of carbonyl (C=O) groups is 1. The van der Waals surface area contributed by atoms with E-state index >= 15 is 0 Å². The van der Waals surface area contributed by atoms with Gasteiger partial charge in [-0.15, -0.1) is 0 Å². The van der Waals surface area contributed by atoms with Crippen LogP contribution in [0.15, 0.2) is 24.3 Å². The van der Waals surface area contributed by atoms with Crippen LogP contribution in [0.1, 0.15) is 12.5 Å². The average Bonchev–Trinajstić information content (AvgIpc) is 2.16. The van der Waals surface area contributed by atoms with E-state index in [1.54, 1.807) is 0 Å². The zero-order chi connectivity index (χ0) is 11.4. The Labute approximate surface area is 86.4 Å². The third kappa shape index (κ3) is 3.17. The molecule has 0 radical (unpaired) electrons. The summed E-state index contributed by atoms with van der Waals surface area (Å²) in [7, 11) is 0. The standard InChI is InChI=1S/C10H11NO4/c1-7(12)2-3-8-6-9(11(14)15)4-5-10(8)13/h2-6,11,13-14H,1H3/b3-2+. The maximum atomic E-state index is 10.7. The van der Waals surface area contributed by atoms with E-state index in [0.29, 0.717) is 5.56 Å². The number of hydrogen-bond acceptors (Lipinski definition) is 4. The van der Waals surface area contributed by atoms with Crippen LogP contribution in [0.3, 0.4) is 0 Å². The predicted octanol–water partition coefficient (Wildman–Crippen LogP) is 0.398. The highest BCUT2D eigenvalue weighted by Gasteiger charge is 2.04. The maximum Gasteiger partial charge on any atom is 0.164 e. The second-order valence-corrected chi connectivity index (χ2v) is 3.02. The smallest absolute Gasteiger partial charge is 0.164 e. The molecule has 1 aromatic rings. The molecular weight excluding hydrogens is 198 g/mol. The van der Waals surface area contributed by atoms with Gasteiger partial charge in [-0.25, -0.2) is 5.21 Å². The van der Waals surface area contributed by atoms with Crippen molar-refractivity contribution in [2.75, 3.05) is 0 Å². The van der Waals surface area contributed by atoms with Crippen molar-refractivity contribution in [3.8, 4) is 5.75 Å². The number of rotatable bonds is 3. The summed E-state index contributed by atoms with van der Waals surface area (Å²) in [6.07, 6.45) is 2.64. The van der Waals surface area contributed by atoms with Gasteiger partial charge in [0.15, 0.2) is 11.5 Å². The molecule has 0 aliphatic carbocycles. The van der Waals surface area contributed by atoms with E-state index < -0.39 is 5.23 Å². The summed E-state index contributed by atoms with van der Waals surface area (Å²) in [5.74, 6) is -0.229. The van der Waals surface area contributed by atoms with E-state index in [9.17, 15) is 15.1 Å². The molecule has 0 saturated carbocycles. The molecule has 1 unspecified atom stereocenters. The largest absolute Gasteiger partial charge is 0.595 e. The lowest BCUT2D eigenvalue weighted by atomic mass is 10.1. The van der Waals surface area contributed by atoms with Gasteiger partial charge in [0.25, 0.3) is 0 Å². The second kappa shape index (κ2) is 4.70. The first-order valence-electron chi connectivity index (χ1n) is 4.25. The topological polar surface area (TPSA) is 85.0 Å². The van der Waals surface area contributed by atoms with Crippen LogP contribution in [0.25, 0.3) is 6.08 Å². The number of ketones is 1. The first-order chi connectivity index (χ1) is 7.00. The Kier molecular flexibility index (Phi) is 3.56. The van der Waals surface area contributed by atoms with Gasteiger partial charge in [-0.05, 0) is 25.1 Å². The van der Waals surface area contributed by atoms with E-state index in [2.05, 4.69) is 0 Å². The van der Waals surface area contributed by atoms with Gasteiger partial charge in [-0.2, -0.15) is 5.23 Å². The van der Waals surface area contributed by atoms with Crippen molar-refractivity contribution in [3.05, 3.63) is 35.0 Å². The van der Waals surface area contributed by atoms with Crippen LogP contribution < -0.4 is 5.23 Å². The van der Waals surface area contributed by atoms with Crippen LogP contribution in [0.5, 0.6) is 5.75 Å². The Morgan fingerprint density at radius 3 is 2.73 bits per heavy atom. The van der Waals surface area contributed by atoms with Crippen LogP contribution in [0.4, 0.5) is 5.69 Å². The summed E-state index contributed by atoms with van der Waals surface area (Å²) in [5, 5.41) is 27.6. The molecule has 0 aliphatic heterocycles. The van der Waals surface area contributed by atoms with Crippen molar-refractivity contribution < 1.29 is 20.3 Å². The van der Waals surface area contributed by atoms with Gasteiger partial charge in [0.2, 0.25) is 0 Å². The number of aromatic hydroxyl groups is 1. The first-order valence-corrected chi connectivity index (χ1v) is 4.25. The first kappa shape index (κ1) is 11.4. The minimum absolute atomic E-state index is 0.0579. The van der Waals surface area contributed by atoms with Crippen molar-refractivity contribution >= 4 is 17.5 Å². The molecule has 0 fully saturated rings. The highest BCUT2D eigenvalue weighted by molar-refractivity contribution is 5.92. The van der Waals surface area contributed by atoms with E-state index in [-0.39, 0.29) is 17.2 Å². The SMILES string of the molecule is CC(=O)/C=C/c1cc([NH+]([O-])O)ccc1O. The van der Waals surface area contributed by atoms with Crippen LogP contribution in [-0.4, -0.2) is 16.1 Å². The lowest BCUT2D eigenvalue weighted by molar-refractivity contribution is -0.991. The number of hydrogen-bond donors (Lipinski definition) is 3. The van der Waals surface area contributed by atoms with Gasteiger partial charge in [0, 0.05) is 17.7 Å². The molecule has 3 N–H and O–H groups in total. The van der Waals surface area contributed by atoms with Gasteiger partial charge in [-0.1, -0.05) is 0 Å². The Balaban J connectivity index is 3.05. The maximum absolute atomic E-state index is 10.7. The lowest BCUT2D eigenvalue weighted by Gasteiger charge is -2.12. The molecule has 0 aromatic heterocycles. The van der Waals surface area contributed by atoms with E-state index in [1.165, 1.54) is 37.3 Å². The van der Waals surface area contributed by atoms with Crippen LogP contribution in [-0.2, 0) is 4.79 Å². The zero-order valence-corrected chi connectivity index (χ0v) is 8.10. The van der Waals surface area contributed by atoms with E-state index in [4.69, 9.17) is 5.21 Å². The fraction of sp³-hybridized carbons (Fsp3) is 0.100. The molecule has 5 nitrogen and oxygen atoms in total. The summed E-state index contributed by atoms with van der Waals surface area (Å²) in [6.45, 7) is 1.37. The highest BCUT2D eigenvalue weighted by Crippen LogP contribution is 2.20. The van der Waals surface area contributed by atoms with E-state index in [1.807, 2.05) is 0 Å². The minimum atomic E-state index is -1.08. The van der Waals surface area contributed by atoms with Crippen LogP contribution in [0.2, 0.25) is 0 Å². The van der Waals surface area contributed by atoms with Gasteiger partial charge in [-0.3, -0.25) is 4.79 Å². The number of benzene rings is 1. The fourth-order valence-electron chi connectivity index (χ4n) is 1.03. The van der Waals surface area contributed by atoms with Crippen molar-refractivity contribution in [2.45, 2.75) is 6.92 Å². The van der Waals surface area contributed by atoms with Gasteiger partial charge >= 0.3 is 0 Å². The Morgan fingerprint density at radius 1 is 1.53 bits per heavy atom. The minimum Gasteiger partial charge on any atom is -0.595 e. The third-order valence-electron chi connectivity index (χ3n) is 1.77. The summed E-state index contributed by atoms with van der Waals surface area (Å²) in [4.78, 5) is 10.7. The lowest BCUT2D eigenvalue weighted by Crippen LogP contribution is -2.99. The molecule has 0 heterocycles. The van der Waals surface area contributed by atoms with Crippen molar-refractivity contribution in [1.29, 1.82) is 0 Å². The molecule has 0 spiro atoms. The molecule has 0 amide bonds. The molecule has 15 heavy (non-hydrogen) atoms. The molecular formula is C10H11NO4. The van der Waals surface area contributed by atoms with Crippen molar-refractivity contribution in [1.82, 2.24) is 0 Å². The molecule has 80 valence electrons. The van der Waals surface area contributed by atoms with Crippen LogP contribution >= 0.6 is 0 Å². The number of allylic oxidation sites excluding steroid dienone is 1. The van der Waals surface area contributed by atoms with Gasteiger partial charge in [0.05, 0.1) is 0 Å². The summed E-state index contributed by atoms with van der Waals surface area (Å²) >= 11 is 0. The number of phenols is 1. The highest BCUT2D eigenvalue weighted by atomic mass is 16.8. The number of carbonyl (C=O) groups excluding carboxylic acids is 1. The summed E-state index contributed by atoms with van der Waals surface area (Å²) < 4.78 is 0. The monoisotopic (exact) mass is 209 g/mol. The molecule has 1 atom stereocenters. The van der Waals surface area contributed by atoms with Crippen molar-refractivity contribution in [3.63, 3.8) is 0 Å². The fourth-order valence-corrected chi connectivity index (χ4v) is 1.03. The van der Waals surface area contributed by atoms with Gasteiger partial charge in [0.1, 0.15) is 5.75 Å². The van der Waals surface area contributed by atoms with Crippen LogP contribution in [0, 0.1) is 5.21 Å². The number of phenolic OH excluding ortho intramolecular Hbond substituents is 1. The number of quaternary nitrogens is 1. The number of nitrogens with one attached hydrogen (secondary N) is 1. The molecule has 1 rings (SSSR count). The van der Waals surface area contributed by atoms with Crippen molar-refractivity contribution in [2.24, 2.45) is 0 Å². The van der Waals surface area contributed by atoms with Gasteiger partial charge < -0.3 is 10.3 Å². The van der Waals surface area contributed by atoms with E-state index in [0.717, 1.165) is 0 Å².